The zero-order chi connectivity index (χ0) is 22.3. The minimum absolute atomic E-state index is 0.505. The van der Waals surface area contributed by atoms with E-state index >= 15 is 0 Å². The van der Waals surface area contributed by atoms with E-state index in [1.54, 1.807) is 0 Å². The second-order valence-electron chi connectivity index (χ2n) is 8.02. The van der Waals surface area contributed by atoms with Crippen LogP contribution in [0.5, 0.6) is 0 Å². The number of benzene rings is 2. The van der Waals surface area contributed by atoms with Crippen molar-refractivity contribution in [2.24, 2.45) is 0 Å². The smallest absolute Gasteiger partial charge is 0.333 e. The summed E-state index contributed by atoms with van der Waals surface area (Å²) < 4.78 is 23.3. The summed E-state index contributed by atoms with van der Waals surface area (Å²) in [4.78, 5) is 25.2. The summed E-state index contributed by atoms with van der Waals surface area (Å²) >= 11 is 0. The Morgan fingerprint density at radius 1 is 0.656 bits per heavy atom. The van der Waals surface area contributed by atoms with Crippen LogP contribution < -0.4 is 0 Å². The van der Waals surface area contributed by atoms with Crippen LogP contribution >= 0.6 is 0 Å². The van der Waals surface area contributed by atoms with E-state index in [-0.39, 0.29) is 0 Å². The van der Waals surface area contributed by atoms with E-state index in [1.807, 2.05) is 60.7 Å². The third-order valence-electron chi connectivity index (χ3n) is 5.78. The first kappa shape index (κ1) is 22.2. The second kappa shape index (κ2) is 10.1. The molecule has 2 heterocycles. The summed E-state index contributed by atoms with van der Waals surface area (Å²) in [6, 6.07) is 18.8. The van der Waals surface area contributed by atoms with Gasteiger partial charge in [0.15, 0.2) is 0 Å². The zero-order valence-corrected chi connectivity index (χ0v) is 18.0. The molecule has 168 valence electrons. The van der Waals surface area contributed by atoms with Crippen LogP contribution in [-0.4, -0.2) is 25.2 Å². The molecule has 2 fully saturated rings. The fraction of sp³-hybridized carbons (Fsp3) is 0.385. The Hall–Kier alpha value is -2.96. The number of hydrogen-bond acceptors (Lipinski definition) is 6. The third-order valence-corrected chi connectivity index (χ3v) is 5.78. The van der Waals surface area contributed by atoms with Gasteiger partial charge in [-0.2, -0.15) is 0 Å². The first-order valence-corrected chi connectivity index (χ1v) is 11.1. The number of rotatable bonds is 6. The highest BCUT2D eigenvalue weighted by Crippen LogP contribution is 2.38. The number of ether oxygens (including phenoxy) is 4. The van der Waals surface area contributed by atoms with Crippen molar-refractivity contribution in [1.29, 1.82) is 0 Å². The van der Waals surface area contributed by atoms with Crippen LogP contribution in [0.3, 0.4) is 0 Å². The Bertz CT molecular complexity index is 848. The molecule has 2 aromatic rings. The molecule has 4 rings (SSSR count). The normalized spacial score (nSPS) is 25.9. The van der Waals surface area contributed by atoms with Crippen LogP contribution in [0.15, 0.2) is 72.8 Å². The predicted octanol–water partition coefficient (Wildman–Crippen LogP) is 4.74. The molecule has 0 radical (unpaired) electrons. The van der Waals surface area contributed by atoms with Gasteiger partial charge in [-0.3, -0.25) is 0 Å². The monoisotopic (exact) mass is 436 g/mol. The molecule has 2 atom stereocenters. The maximum absolute atomic E-state index is 12.6. The largest absolute Gasteiger partial charge is 0.425 e. The second-order valence-corrected chi connectivity index (χ2v) is 8.02. The van der Waals surface area contributed by atoms with Gasteiger partial charge in [0.2, 0.25) is 11.6 Å². The molecule has 2 unspecified atom stereocenters. The number of carbonyl (C=O) groups is 2. The summed E-state index contributed by atoms with van der Waals surface area (Å²) in [6.45, 7) is 1.01. The van der Waals surface area contributed by atoms with Crippen LogP contribution in [0.4, 0.5) is 0 Å². The number of hydrogen-bond donors (Lipinski definition) is 0. The summed E-state index contributed by atoms with van der Waals surface area (Å²) in [5.74, 6) is -3.59. The van der Waals surface area contributed by atoms with Gasteiger partial charge in [0.25, 0.3) is 0 Å². The Labute approximate surface area is 188 Å². The van der Waals surface area contributed by atoms with Crippen molar-refractivity contribution < 1.29 is 28.5 Å². The lowest BCUT2D eigenvalue weighted by Crippen LogP contribution is -2.38. The average molecular weight is 437 g/mol. The highest BCUT2D eigenvalue weighted by molar-refractivity contribution is 5.92. The molecule has 0 aliphatic carbocycles. The van der Waals surface area contributed by atoms with Crippen LogP contribution in [-0.2, 0) is 40.1 Å². The van der Waals surface area contributed by atoms with Gasteiger partial charge in [-0.15, -0.1) is 0 Å². The Morgan fingerprint density at radius 3 is 1.41 bits per heavy atom. The molecule has 2 aliphatic heterocycles. The maximum atomic E-state index is 12.6. The van der Waals surface area contributed by atoms with Gasteiger partial charge in [0.1, 0.15) is 0 Å². The summed E-state index contributed by atoms with van der Waals surface area (Å²) in [5, 5.41) is 0. The molecule has 0 spiro atoms. The summed E-state index contributed by atoms with van der Waals surface area (Å²) in [6.07, 6.45) is 6.89. The van der Waals surface area contributed by atoms with Gasteiger partial charge in [-0.1, -0.05) is 60.7 Å². The lowest BCUT2D eigenvalue weighted by Gasteiger charge is -2.36. The van der Waals surface area contributed by atoms with Crippen LogP contribution in [0, 0.1) is 0 Å². The van der Waals surface area contributed by atoms with Gasteiger partial charge in [-0.25, -0.2) is 9.59 Å². The lowest BCUT2D eigenvalue weighted by atomic mass is 9.97. The van der Waals surface area contributed by atoms with Crippen molar-refractivity contribution in [3.05, 3.63) is 83.9 Å². The fourth-order valence-corrected chi connectivity index (χ4v) is 4.19. The Kier molecular flexibility index (Phi) is 7.02. The molecule has 0 N–H and O–H groups in total. The van der Waals surface area contributed by atoms with E-state index in [4.69, 9.17) is 18.9 Å². The first-order valence-electron chi connectivity index (χ1n) is 11.1. The van der Waals surface area contributed by atoms with Gasteiger partial charge >= 0.3 is 11.9 Å². The number of carbonyl (C=O) groups excluding carboxylic acids is 2. The molecular formula is C26H28O6. The third kappa shape index (κ3) is 5.09. The molecule has 6 heteroatoms. The van der Waals surface area contributed by atoms with Gasteiger partial charge < -0.3 is 18.9 Å². The molecule has 0 aromatic heterocycles. The molecular weight excluding hydrogens is 408 g/mol. The van der Waals surface area contributed by atoms with Gasteiger partial charge in [0, 0.05) is 36.1 Å². The standard InChI is InChI=1S/C26H28O6/c27-23(31-25(17-7-9-19-29-25)21-11-3-1-4-12-21)15-16-24(28)32-26(18-8-10-20-30-26)22-13-5-2-6-14-22/h1-6,11-16H,7-10,17-20H2/b16-15-. The maximum Gasteiger partial charge on any atom is 0.333 e. The zero-order valence-electron chi connectivity index (χ0n) is 18.0. The van der Waals surface area contributed by atoms with Crippen LogP contribution in [0.25, 0.3) is 0 Å². The van der Waals surface area contributed by atoms with Crippen LogP contribution in [0.2, 0.25) is 0 Å². The SMILES string of the molecule is O=C(/C=C\C(=O)OC1(c2ccccc2)CCCCO1)OC1(c2ccccc2)CCCCO1. The van der Waals surface area contributed by atoms with Gasteiger partial charge in [0.05, 0.1) is 13.2 Å². The predicted molar refractivity (Wildman–Crippen MR) is 117 cm³/mol. The van der Waals surface area contributed by atoms with Gasteiger partial charge in [-0.05, 0) is 25.7 Å². The summed E-state index contributed by atoms with van der Waals surface area (Å²) in [5.41, 5.74) is 1.56. The van der Waals surface area contributed by atoms with Crippen molar-refractivity contribution in [3.63, 3.8) is 0 Å². The van der Waals surface area contributed by atoms with E-state index in [0.29, 0.717) is 26.1 Å². The fourth-order valence-electron chi connectivity index (χ4n) is 4.19. The van der Waals surface area contributed by atoms with Crippen molar-refractivity contribution in [2.75, 3.05) is 13.2 Å². The van der Waals surface area contributed by atoms with Crippen molar-refractivity contribution in [3.8, 4) is 0 Å². The molecule has 2 aromatic carbocycles. The van der Waals surface area contributed by atoms with Crippen molar-refractivity contribution >= 4 is 11.9 Å². The Morgan fingerprint density at radius 2 is 1.06 bits per heavy atom. The molecule has 6 nitrogen and oxygen atoms in total. The topological polar surface area (TPSA) is 71.1 Å². The minimum Gasteiger partial charge on any atom is -0.425 e. The molecule has 0 bridgehead atoms. The van der Waals surface area contributed by atoms with Crippen LogP contribution in [0.1, 0.15) is 49.7 Å². The Balaban J connectivity index is 1.45. The molecule has 0 saturated carbocycles. The minimum atomic E-state index is -1.14. The first-order chi connectivity index (χ1) is 15.6. The molecule has 2 aliphatic rings. The van der Waals surface area contributed by atoms with E-state index in [1.165, 1.54) is 0 Å². The quantitative estimate of drug-likeness (QED) is 0.481. The molecule has 32 heavy (non-hydrogen) atoms. The highest BCUT2D eigenvalue weighted by atomic mass is 16.7. The van der Waals surface area contributed by atoms with E-state index in [2.05, 4.69) is 0 Å². The van der Waals surface area contributed by atoms with Crippen molar-refractivity contribution in [1.82, 2.24) is 0 Å². The average Bonchev–Trinajstić information content (AvgIpc) is 2.85. The molecule has 2 saturated heterocycles. The molecule has 0 amide bonds. The van der Waals surface area contributed by atoms with E-state index < -0.39 is 23.5 Å². The van der Waals surface area contributed by atoms with Crippen molar-refractivity contribution in [2.45, 2.75) is 50.1 Å². The highest BCUT2D eigenvalue weighted by Gasteiger charge is 2.40. The number of esters is 2. The van der Waals surface area contributed by atoms with E-state index in [0.717, 1.165) is 49.0 Å². The summed E-state index contributed by atoms with van der Waals surface area (Å²) in [7, 11) is 0. The lowest BCUT2D eigenvalue weighted by molar-refractivity contribution is -0.253. The van der Waals surface area contributed by atoms with E-state index in [9.17, 15) is 9.59 Å².